The van der Waals surface area contributed by atoms with Crippen LogP contribution in [-0.2, 0) is 18.9 Å². The number of rotatable bonds is 4. The lowest BCUT2D eigenvalue weighted by Gasteiger charge is -2.01. The van der Waals surface area contributed by atoms with Crippen molar-refractivity contribution >= 4 is 29.6 Å². The molecule has 0 aliphatic heterocycles. The third-order valence-corrected chi connectivity index (χ3v) is 4.75. The molecule has 1 aromatic rings. The van der Waals surface area contributed by atoms with Gasteiger partial charge in [-0.1, -0.05) is 0 Å². The van der Waals surface area contributed by atoms with Crippen LogP contribution >= 0.6 is 10.7 Å². The monoisotopic (exact) mass is 269 g/mol. The van der Waals surface area contributed by atoms with Crippen molar-refractivity contribution in [2.45, 2.75) is 4.90 Å². The first-order chi connectivity index (χ1) is 6.81. The molecule has 1 rings (SSSR count). The third-order valence-electron chi connectivity index (χ3n) is 1.60. The summed E-state index contributed by atoms with van der Waals surface area (Å²) < 4.78 is 44.3. The Labute approximate surface area is 92.4 Å². The van der Waals surface area contributed by atoms with Crippen LogP contribution in [0.25, 0.3) is 0 Å². The zero-order valence-electron chi connectivity index (χ0n) is 7.50. The maximum atomic E-state index is 11.5. The highest BCUT2D eigenvalue weighted by Crippen LogP contribution is 2.10. The van der Waals surface area contributed by atoms with Gasteiger partial charge in [0.05, 0.1) is 16.4 Å². The van der Waals surface area contributed by atoms with Crippen molar-refractivity contribution in [3.63, 3.8) is 0 Å². The molecule has 0 aromatic carbocycles. The van der Waals surface area contributed by atoms with Gasteiger partial charge in [-0.25, -0.2) is 16.8 Å². The van der Waals surface area contributed by atoms with Gasteiger partial charge < -0.3 is 0 Å². The van der Waals surface area contributed by atoms with Crippen LogP contribution in [0.1, 0.15) is 0 Å². The maximum absolute atomic E-state index is 11.5. The molecule has 0 radical (unpaired) electrons. The number of hydrogen-bond donors (Lipinski definition) is 0. The minimum Gasteiger partial charge on any atom is -0.265 e. The third kappa shape index (κ3) is 4.15. The van der Waals surface area contributed by atoms with E-state index in [1.54, 1.807) is 0 Å². The lowest BCUT2D eigenvalue weighted by atomic mass is 10.5. The van der Waals surface area contributed by atoms with Crippen molar-refractivity contribution in [1.29, 1.82) is 0 Å². The van der Waals surface area contributed by atoms with Crippen LogP contribution < -0.4 is 0 Å². The molecule has 0 saturated carbocycles. The van der Waals surface area contributed by atoms with Crippen LogP contribution in [-0.4, -0.2) is 33.3 Å². The molecular formula is C7H8ClNO4S2. The van der Waals surface area contributed by atoms with Crippen LogP contribution in [0.3, 0.4) is 0 Å². The molecule has 1 heterocycles. The van der Waals surface area contributed by atoms with Crippen LogP contribution in [0.4, 0.5) is 0 Å². The Morgan fingerprint density at radius 3 is 2.07 bits per heavy atom. The number of sulfone groups is 1. The molecule has 0 spiro atoms. The summed E-state index contributed by atoms with van der Waals surface area (Å²) in [5.41, 5.74) is 0. The average molecular weight is 270 g/mol. The number of pyridine rings is 1. The summed E-state index contributed by atoms with van der Waals surface area (Å²) in [6.45, 7) is 0. The number of hydrogen-bond acceptors (Lipinski definition) is 5. The Morgan fingerprint density at radius 1 is 1.07 bits per heavy atom. The molecule has 84 valence electrons. The summed E-state index contributed by atoms with van der Waals surface area (Å²) in [7, 11) is -2.46. The van der Waals surface area contributed by atoms with Gasteiger partial charge in [0.15, 0.2) is 9.84 Å². The van der Waals surface area contributed by atoms with E-state index in [2.05, 4.69) is 4.98 Å². The Hall–Kier alpha value is -0.660. The standard InChI is InChI=1S/C7H8ClNO4S2/c8-15(12,13)6-5-14(10,11)7-1-3-9-4-2-7/h1-4H,5-6H2. The summed E-state index contributed by atoms with van der Waals surface area (Å²) in [6, 6.07) is 2.60. The number of halogens is 1. The van der Waals surface area contributed by atoms with E-state index in [0.29, 0.717) is 0 Å². The molecule has 0 unspecified atom stereocenters. The fraction of sp³-hybridized carbons (Fsp3) is 0.286. The van der Waals surface area contributed by atoms with Gasteiger partial charge >= 0.3 is 0 Å². The lowest BCUT2D eigenvalue weighted by molar-refractivity contribution is 0.592. The average Bonchev–Trinajstić information content (AvgIpc) is 2.16. The predicted molar refractivity (Wildman–Crippen MR) is 55.9 cm³/mol. The molecule has 0 fully saturated rings. The Balaban J connectivity index is 2.87. The highest BCUT2D eigenvalue weighted by atomic mass is 35.7. The normalized spacial score (nSPS) is 12.6. The first-order valence-corrected chi connectivity index (χ1v) is 7.99. The lowest BCUT2D eigenvalue weighted by Crippen LogP contribution is -2.14. The maximum Gasteiger partial charge on any atom is 0.233 e. The second-order valence-electron chi connectivity index (χ2n) is 2.74. The summed E-state index contributed by atoms with van der Waals surface area (Å²) in [5.74, 6) is -1.12. The van der Waals surface area contributed by atoms with Gasteiger partial charge in [-0.3, -0.25) is 4.98 Å². The Morgan fingerprint density at radius 2 is 1.60 bits per heavy atom. The highest BCUT2D eigenvalue weighted by Gasteiger charge is 2.17. The van der Waals surface area contributed by atoms with Crippen molar-refractivity contribution in [3.05, 3.63) is 24.5 Å². The molecule has 0 bridgehead atoms. The van der Waals surface area contributed by atoms with E-state index in [9.17, 15) is 16.8 Å². The van der Waals surface area contributed by atoms with Gasteiger partial charge in [0, 0.05) is 23.1 Å². The fourth-order valence-corrected chi connectivity index (χ4v) is 3.89. The van der Waals surface area contributed by atoms with E-state index in [4.69, 9.17) is 10.7 Å². The van der Waals surface area contributed by atoms with Crippen molar-refractivity contribution in [3.8, 4) is 0 Å². The number of nitrogens with zero attached hydrogens (tertiary/aromatic N) is 1. The van der Waals surface area contributed by atoms with Gasteiger partial charge in [-0.2, -0.15) is 0 Å². The van der Waals surface area contributed by atoms with Gasteiger partial charge in [0.25, 0.3) is 0 Å². The van der Waals surface area contributed by atoms with Crippen molar-refractivity contribution in [1.82, 2.24) is 4.98 Å². The van der Waals surface area contributed by atoms with Crippen molar-refractivity contribution in [2.24, 2.45) is 0 Å². The molecule has 5 nitrogen and oxygen atoms in total. The van der Waals surface area contributed by atoms with Crippen LogP contribution in [0, 0.1) is 0 Å². The quantitative estimate of drug-likeness (QED) is 0.740. The van der Waals surface area contributed by atoms with Crippen LogP contribution in [0.15, 0.2) is 29.4 Å². The van der Waals surface area contributed by atoms with Crippen molar-refractivity contribution in [2.75, 3.05) is 11.5 Å². The predicted octanol–water partition coefficient (Wildman–Crippen LogP) is 0.424. The van der Waals surface area contributed by atoms with E-state index in [0.717, 1.165) is 0 Å². The van der Waals surface area contributed by atoms with E-state index in [1.807, 2.05) is 0 Å². The molecule has 15 heavy (non-hydrogen) atoms. The molecule has 8 heteroatoms. The summed E-state index contributed by atoms with van der Waals surface area (Å²) in [5, 5.41) is 0. The van der Waals surface area contributed by atoms with E-state index in [1.165, 1.54) is 24.5 Å². The second-order valence-corrected chi connectivity index (χ2v) is 7.75. The number of aromatic nitrogens is 1. The summed E-state index contributed by atoms with van der Waals surface area (Å²) in [6.07, 6.45) is 2.64. The molecule has 1 aromatic heterocycles. The smallest absolute Gasteiger partial charge is 0.233 e. The van der Waals surface area contributed by atoms with Crippen LogP contribution in [0.2, 0.25) is 0 Å². The van der Waals surface area contributed by atoms with E-state index >= 15 is 0 Å². The van der Waals surface area contributed by atoms with Crippen molar-refractivity contribution < 1.29 is 16.8 Å². The van der Waals surface area contributed by atoms with Gasteiger partial charge in [0.2, 0.25) is 9.05 Å². The summed E-state index contributed by atoms with van der Waals surface area (Å²) >= 11 is 0. The fourth-order valence-electron chi connectivity index (χ4n) is 0.873. The van der Waals surface area contributed by atoms with E-state index < -0.39 is 30.4 Å². The summed E-state index contributed by atoms with van der Waals surface area (Å²) in [4.78, 5) is 3.70. The molecule has 0 aliphatic carbocycles. The van der Waals surface area contributed by atoms with Gasteiger partial charge in [0.1, 0.15) is 0 Å². The molecule has 0 N–H and O–H groups in total. The molecule has 0 saturated heterocycles. The zero-order chi connectivity index (χ0) is 11.5. The molecule has 0 atom stereocenters. The molecule has 0 amide bonds. The first kappa shape index (κ1) is 12.4. The molecular weight excluding hydrogens is 262 g/mol. The van der Waals surface area contributed by atoms with E-state index in [-0.39, 0.29) is 4.90 Å². The van der Waals surface area contributed by atoms with Gasteiger partial charge in [-0.05, 0) is 12.1 Å². The van der Waals surface area contributed by atoms with Gasteiger partial charge in [-0.15, -0.1) is 0 Å². The second kappa shape index (κ2) is 4.46. The zero-order valence-corrected chi connectivity index (χ0v) is 9.89. The minimum absolute atomic E-state index is 0.0396. The topological polar surface area (TPSA) is 81.2 Å². The Kier molecular flexibility index (Phi) is 3.69. The minimum atomic E-state index is -3.79. The molecule has 0 aliphatic rings. The largest absolute Gasteiger partial charge is 0.265 e. The highest BCUT2D eigenvalue weighted by molar-refractivity contribution is 8.14. The Bertz CT molecular complexity index is 523. The first-order valence-electron chi connectivity index (χ1n) is 3.86. The van der Waals surface area contributed by atoms with Crippen LogP contribution in [0.5, 0.6) is 0 Å². The SMILES string of the molecule is O=S(=O)(Cl)CCS(=O)(=O)c1ccncc1.